The Morgan fingerprint density at radius 3 is 2.50 bits per heavy atom. The van der Waals surface area contributed by atoms with Crippen LogP contribution in [0.2, 0.25) is 0 Å². The summed E-state index contributed by atoms with van der Waals surface area (Å²) in [5.74, 6) is -0.841. The molecule has 78 valence electrons. The number of hydrogen-bond acceptors (Lipinski definition) is 2. The smallest absolute Gasteiger partial charge is 0.307 e. The predicted octanol–water partition coefficient (Wildman–Crippen LogP) is 2.68. The van der Waals surface area contributed by atoms with Gasteiger partial charge in [-0.1, -0.05) is 19.9 Å². The number of hydrogen-bond donors (Lipinski definition) is 2. The zero-order chi connectivity index (χ0) is 11.1. The Morgan fingerprint density at radius 2 is 2.07 bits per heavy atom. The van der Waals surface area contributed by atoms with Gasteiger partial charge in [-0.05, 0) is 33.6 Å². The lowest BCUT2D eigenvalue weighted by Crippen LogP contribution is -2.00. The first-order chi connectivity index (χ1) is 6.59. The van der Waals surface area contributed by atoms with Gasteiger partial charge in [-0.2, -0.15) is 0 Å². The van der Waals surface area contributed by atoms with Gasteiger partial charge in [0.2, 0.25) is 0 Å². The summed E-state index contributed by atoms with van der Waals surface area (Å²) < 4.78 is 0.737. The van der Waals surface area contributed by atoms with Gasteiger partial charge in [-0.15, -0.1) is 0 Å². The van der Waals surface area contributed by atoms with Crippen molar-refractivity contribution in [2.75, 3.05) is 5.73 Å². The van der Waals surface area contributed by atoms with Gasteiger partial charge in [0, 0.05) is 10.2 Å². The van der Waals surface area contributed by atoms with E-state index in [1.54, 1.807) is 18.2 Å². The van der Waals surface area contributed by atoms with Crippen LogP contribution >= 0.6 is 15.9 Å². The highest BCUT2D eigenvalue weighted by Gasteiger charge is 2.01. The van der Waals surface area contributed by atoms with Crippen molar-refractivity contribution in [1.82, 2.24) is 0 Å². The molecule has 0 spiro atoms. The second-order valence-corrected chi connectivity index (χ2v) is 3.28. The molecular formula is C10H14BrNO2. The first-order valence-electron chi connectivity index (χ1n) is 4.35. The van der Waals surface area contributed by atoms with Gasteiger partial charge in [0.15, 0.2) is 0 Å². The topological polar surface area (TPSA) is 63.3 Å². The summed E-state index contributed by atoms with van der Waals surface area (Å²) in [5.41, 5.74) is 6.88. The number of anilines is 1. The molecule has 0 saturated heterocycles. The van der Waals surface area contributed by atoms with Crippen molar-refractivity contribution >= 4 is 27.6 Å². The van der Waals surface area contributed by atoms with Crippen molar-refractivity contribution in [3.63, 3.8) is 0 Å². The average molecular weight is 260 g/mol. The molecule has 1 rings (SSSR count). The lowest BCUT2D eigenvalue weighted by atomic mass is 10.1. The Bertz CT molecular complexity index is 313. The number of carbonyl (C=O) groups is 1. The minimum atomic E-state index is -0.841. The van der Waals surface area contributed by atoms with E-state index in [4.69, 9.17) is 10.8 Å². The molecule has 14 heavy (non-hydrogen) atoms. The fourth-order valence-corrected chi connectivity index (χ4v) is 1.28. The van der Waals surface area contributed by atoms with E-state index in [0.717, 1.165) is 10.0 Å². The predicted molar refractivity (Wildman–Crippen MR) is 61.2 cm³/mol. The van der Waals surface area contributed by atoms with Crippen LogP contribution in [0.5, 0.6) is 0 Å². The van der Waals surface area contributed by atoms with Crippen LogP contribution in [0.1, 0.15) is 19.4 Å². The Balaban J connectivity index is 0.000000791. The van der Waals surface area contributed by atoms with Crippen molar-refractivity contribution in [2.45, 2.75) is 20.3 Å². The fraction of sp³-hybridized carbons (Fsp3) is 0.300. The summed E-state index contributed by atoms with van der Waals surface area (Å²) in [6, 6.07) is 5.10. The molecule has 1 aromatic carbocycles. The van der Waals surface area contributed by atoms with E-state index in [0.29, 0.717) is 5.69 Å². The first-order valence-corrected chi connectivity index (χ1v) is 5.14. The fourth-order valence-electron chi connectivity index (χ4n) is 0.855. The van der Waals surface area contributed by atoms with Crippen LogP contribution < -0.4 is 5.73 Å². The molecule has 0 atom stereocenters. The molecule has 0 saturated carbocycles. The van der Waals surface area contributed by atoms with Crippen molar-refractivity contribution in [3.05, 3.63) is 28.2 Å². The van der Waals surface area contributed by atoms with Crippen molar-refractivity contribution in [3.8, 4) is 0 Å². The first kappa shape index (κ1) is 13.0. The number of nitrogen functional groups attached to an aromatic ring is 1. The second kappa shape index (κ2) is 6.43. The van der Waals surface area contributed by atoms with Crippen molar-refractivity contribution in [2.24, 2.45) is 0 Å². The molecule has 0 unspecified atom stereocenters. The van der Waals surface area contributed by atoms with Gasteiger partial charge in [0.25, 0.3) is 0 Å². The van der Waals surface area contributed by atoms with Gasteiger partial charge >= 0.3 is 5.97 Å². The Hall–Kier alpha value is -1.03. The third-order valence-electron chi connectivity index (χ3n) is 1.42. The molecule has 3 N–H and O–H groups in total. The maximum atomic E-state index is 10.3. The normalized spacial score (nSPS) is 8.79. The summed E-state index contributed by atoms with van der Waals surface area (Å²) in [7, 11) is 0. The summed E-state index contributed by atoms with van der Waals surface area (Å²) in [6.45, 7) is 4.00. The highest BCUT2D eigenvalue weighted by Crippen LogP contribution is 2.20. The van der Waals surface area contributed by atoms with Gasteiger partial charge in [0.05, 0.1) is 6.42 Å². The van der Waals surface area contributed by atoms with Crippen LogP contribution in [-0.2, 0) is 11.2 Å². The Labute approximate surface area is 92.1 Å². The molecule has 0 bridgehead atoms. The summed E-state index contributed by atoms with van der Waals surface area (Å²) >= 11 is 3.22. The van der Waals surface area contributed by atoms with E-state index in [-0.39, 0.29) is 6.42 Å². The van der Waals surface area contributed by atoms with Crippen LogP contribution in [0.4, 0.5) is 5.69 Å². The molecule has 0 aliphatic heterocycles. The minimum Gasteiger partial charge on any atom is -0.481 e. The summed E-state index contributed by atoms with van der Waals surface area (Å²) in [6.07, 6.45) is 0.0267. The molecule has 0 fully saturated rings. The van der Waals surface area contributed by atoms with Gasteiger partial charge < -0.3 is 10.8 Å². The quantitative estimate of drug-likeness (QED) is 0.803. The maximum Gasteiger partial charge on any atom is 0.307 e. The number of carboxylic acids is 1. The van der Waals surface area contributed by atoms with Crippen molar-refractivity contribution in [1.29, 1.82) is 0 Å². The van der Waals surface area contributed by atoms with Crippen LogP contribution in [0, 0.1) is 0 Å². The standard InChI is InChI=1S/C8H8BrNO2.C2H6/c9-6-3-5(4-8(11)12)1-2-7(6)10;1-2/h1-3H,4,10H2,(H,11,12);1-2H3. The minimum absolute atomic E-state index is 0.0267. The monoisotopic (exact) mass is 259 g/mol. The van der Waals surface area contributed by atoms with Crippen LogP contribution in [0.25, 0.3) is 0 Å². The lowest BCUT2D eigenvalue weighted by molar-refractivity contribution is -0.136. The molecule has 4 heteroatoms. The van der Waals surface area contributed by atoms with Crippen LogP contribution in [0.15, 0.2) is 22.7 Å². The van der Waals surface area contributed by atoms with E-state index < -0.39 is 5.97 Å². The van der Waals surface area contributed by atoms with Crippen molar-refractivity contribution < 1.29 is 9.90 Å². The Kier molecular flexibility index (Phi) is 5.95. The molecule has 0 amide bonds. The number of benzene rings is 1. The third kappa shape index (κ3) is 4.28. The van der Waals surface area contributed by atoms with Crippen LogP contribution in [-0.4, -0.2) is 11.1 Å². The van der Waals surface area contributed by atoms with Crippen LogP contribution in [0.3, 0.4) is 0 Å². The van der Waals surface area contributed by atoms with E-state index in [1.807, 2.05) is 13.8 Å². The molecule has 3 nitrogen and oxygen atoms in total. The number of halogens is 1. The highest BCUT2D eigenvalue weighted by molar-refractivity contribution is 9.10. The van der Waals surface area contributed by atoms with E-state index in [2.05, 4.69) is 15.9 Å². The summed E-state index contributed by atoms with van der Waals surface area (Å²) in [5, 5.41) is 8.48. The average Bonchev–Trinajstić information content (AvgIpc) is 2.14. The SMILES string of the molecule is CC.Nc1ccc(CC(=O)O)cc1Br. The van der Waals surface area contributed by atoms with Gasteiger partial charge in [-0.25, -0.2) is 0 Å². The third-order valence-corrected chi connectivity index (χ3v) is 2.11. The lowest BCUT2D eigenvalue weighted by Gasteiger charge is -2.00. The summed E-state index contributed by atoms with van der Waals surface area (Å²) in [4.78, 5) is 10.3. The van der Waals surface area contributed by atoms with Gasteiger partial charge in [-0.3, -0.25) is 4.79 Å². The molecule has 0 aromatic heterocycles. The molecule has 0 radical (unpaired) electrons. The largest absolute Gasteiger partial charge is 0.481 e. The van der Waals surface area contributed by atoms with E-state index >= 15 is 0 Å². The van der Waals surface area contributed by atoms with E-state index in [9.17, 15) is 4.79 Å². The number of carboxylic acid groups (broad SMARTS) is 1. The number of aliphatic carboxylic acids is 1. The molecule has 1 aromatic rings. The number of rotatable bonds is 2. The Morgan fingerprint density at radius 1 is 1.50 bits per heavy atom. The van der Waals surface area contributed by atoms with Gasteiger partial charge in [0.1, 0.15) is 0 Å². The molecular weight excluding hydrogens is 246 g/mol. The zero-order valence-electron chi connectivity index (χ0n) is 8.25. The molecule has 0 aliphatic rings. The molecule has 0 aliphatic carbocycles. The maximum absolute atomic E-state index is 10.3. The van der Waals surface area contributed by atoms with E-state index in [1.165, 1.54) is 0 Å². The highest BCUT2D eigenvalue weighted by atomic mass is 79.9. The molecule has 0 heterocycles. The zero-order valence-corrected chi connectivity index (χ0v) is 9.84. The number of nitrogens with two attached hydrogens (primary N) is 1. The second-order valence-electron chi connectivity index (χ2n) is 2.43.